The summed E-state index contributed by atoms with van der Waals surface area (Å²) in [6, 6.07) is 0.593. The first-order valence-corrected chi connectivity index (χ1v) is 9.56. The van der Waals surface area contributed by atoms with Crippen molar-refractivity contribution in [3.63, 3.8) is 0 Å². The van der Waals surface area contributed by atoms with Crippen LogP contribution in [0.4, 0.5) is 0 Å². The van der Waals surface area contributed by atoms with Crippen LogP contribution in [-0.4, -0.2) is 67.8 Å². The van der Waals surface area contributed by atoms with Crippen molar-refractivity contribution in [1.82, 2.24) is 10.2 Å². The fourth-order valence-electron chi connectivity index (χ4n) is 2.82. The van der Waals surface area contributed by atoms with Gasteiger partial charge >= 0.3 is 0 Å². The maximum Gasteiger partial charge on any atom is 0.151 e. The molecular weight excluding hydrogens is 276 g/mol. The van der Waals surface area contributed by atoms with Crippen molar-refractivity contribution >= 4 is 9.84 Å². The average Bonchev–Trinajstić information content (AvgIpc) is 3.19. The van der Waals surface area contributed by atoms with Gasteiger partial charge < -0.3 is 15.3 Å². The molecule has 118 valence electrons. The molecule has 5 nitrogen and oxygen atoms in total. The Labute approximate surface area is 122 Å². The Morgan fingerprint density at radius 3 is 2.70 bits per heavy atom. The summed E-state index contributed by atoms with van der Waals surface area (Å²) >= 11 is 0. The Morgan fingerprint density at radius 2 is 2.05 bits per heavy atom. The van der Waals surface area contributed by atoms with Crippen LogP contribution in [0.2, 0.25) is 0 Å². The molecule has 6 heteroatoms. The molecule has 0 radical (unpaired) electrons. The van der Waals surface area contributed by atoms with E-state index < -0.39 is 9.84 Å². The van der Waals surface area contributed by atoms with Gasteiger partial charge in [0.05, 0.1) is 18.1 Å². The number of aliphatic hydroxyl groups is 1. The average molecular weight is 304 g/mol. The van der Waals surface area contributed by atoms with Crippen LogP contribution in [0, 0.1) is 0 Å². The number of nitrogens with one attached hydrogen (secondary N) is 1. The Kier molecular flexibility index (Phi) is 5.45. The number of hydrogen-bond donors (Lipinski definition) is 2. The molecule has 1 saturated heterocycles. The van der Waals surface area contributed by atoms with E-state index in [1.165, 1.54) is 12.8 Å². The molecule has 2 aliphatic rings. The molecule has 0 amide bonds. The van der Waals surface area contributed by atoms with Crippen molar-refractivity contribution in [1.29, 1.82) is 0 Å². The van der Waals surface area contributed by atoms with E-state index in [2.05, 4.69) is 17.1 Å². The minimum absolute atomic E-state index is 0.165. The van der Waals surface area contributed by atoms with Gasteiger partial charge in [-0.05, 0) is 52.1 Å². The Morgan fingerprint density at radius 1 is 1.30 bits per heavy atom. The van der Waals surface area contributed by atoms with E-state index >= 15 is 0 Å². The summed E-state index contributed by atoms with van der Waals surface area (Å²) < 4.78 is 23.1. The highest BCUT2D eigenvalue weighted by molar-refractivity contribution is 7.91. The molecule has 20 heavy (non-hydrogen) atoms. The highest BCUT2D eigenvalue weighted by atomic mass is 32.2. The normalized spacial score (nSPS) is 26.9. The first kappa shape index (κ1) is 16.2. The summed E-state index contributed by atoms with van der Waals surface area (Å²) in [5.74, 6) is 0.631. The van der Waals surface area contributed by atoms with Crippen molar-refractivity contribution in [3.8, 4) is 0 Å². The van der Waals surface area contributed by atoms with Gasteiger partial charge in [-0.15, -0.1) is 0 Å². The van der Waals surface area contributed by atoms with Crippen molar-refractivity contribution < 1.29 is 13.5 Å². The SMILES string of the molecule is CC(CO)(CCCN1CCCS(=O)(=O)CC1)NC1CC1. The lowest BCUT2D eigenvalue weighted by molar-refractivity contribution is 0.155. The van der Waals surface area contributed by atoms with Crippen molar-refractivity contribution in [3.05, 3.63) is 0 Å². The standard InChI is InChI=1S/C14H28N2O3S/c1-14(12-17,15-13-4-5-13)6-2-7-16-8-3-10-20(18,19)11-9-16/h13,15,17H,2-12H2,1H3. The smallest absolute Gasteiger partial charge is 0.151 e. The van der Waals surface area contributed by atoms with Crippen molar-refractivity contribution in [2.45, 2.75) is 50.6 Å². The van der Waals surface area contributed by atoms with Gasteiger partial charge in [-0.1, -0.05) is 0 Å². The van der Waals surface area contributed by atoms with E-state index in [4.69, 9.17) is 0 Å². The van der Waals surface area contributed by atoms with Gasteiger partial charge in [0.15, 0.2) is 9.84 Å². The maximum atomic E-state index is 11.6. The van der Waals surface area contributed by atoms with Gasteiger partial charge in [0, 0.05) is 18.1 Å². The minimum Gasteiger partial charge on any atom is -0.394 e. The topological polar surface area (TPSA) is 69.6 Å². The molecule has 0 aromatic carbocycles. The zero-order valence-electron chi connectivity index (χ0n) is 12.5. The summed E-state index contributed by atoms with van der Waals surface area (Å²) in [5, 5.41) is 13.1. The quantitative estimate of drug-likeness (QED) is 0.712. The number of nitrogens with zero attached hydrogens (tertiary/aromatic N) is 1. The van der Waals surface area contributed by atoms with Crippen LogP contribution in [0.15, 0.2) is 0 Å². The van der Waals surface area contributed by atoms with Crippen LogP contribution in [0.5, 0.6) is 0 Å². The molecule has 1 saturated carbocycles. The molecule has 1 unspecified atom stereocenters. The van der Waals surface area contributed by atoms with Gasteiger partial charge in [-0.25, -0.2) is 8.42 Å². The zero-order chi connectivity index (χ0) is 14.6. The molecule has 2 rings (SSSR count). The molecule has 0 aromatic heterocycles. The Bertz CT molecular complexity index is 409. The van der Waals surface area contributed by atoms with Crippen LogP contribution in [-0.2, 0) is 9.84 Å². The van der Waals surface area contributed by atoms with Crippen molar-refractivity contribution in [2.24, 2.45) is 0 Å². The summed E-state index contributed by atoms with van der Waals surface area (Å²) in [4.78, 5) is 2.25. The molecule has 1 aliphatic carbocycles. The Hall–Kier alpha value is -0.170. The highest BCUT2D eigenvalue weighted by Crippen LogP contribution is 2.24. The summed E-state index contributed by atoms with van der Waals surface area (Å²) in [5.41, 5.74) is -0.181. The maximum absolute atomic E-state index is 11.6. The monoisotopic (exact) mass is 304 g/mol. The van der Waals surface area contributed by atoms with Gasteiger partial charge in [-0.3, -0.25) is 0 Å². The number of rotatable bonds is 7. The molecule has 0 bridgehead atoms. The van der Waals surface area contributed by atoms with E-state index in [9.17, 15) is 13.5 Å². The van der Waals surface area contributed by atoms with E-state index in [1.54, 1.807) is 0 Å². The molecule has 1 aliphatic heterocycles. The lowest BCUT2D eigenvalue weighted by atomic mass is 9.96. The zero-order valence-corrected chi connectivity index (χ0v) is 13.3. The lowest BCUT2D eigenvalue weighted by Gasteiger charge is -2.30. The fourth-order valence-corrected chi connectivity index (χ4v) is 4.13. The molecule has 0 spiro atoms. The predicted octanol–water partition coefficient (Wildman–Crippen LogP) is 0.390. The summed E-state index contributed by atoms with van der Waals surface area (Å²) in [7, 11) is -2.81. The van der Waals surface area contributed by atoms with Crippen LogP contribution in [0.25, 0.3) is 0 Å². The summed E-state index contributed by atoms with van der Waals surface area (Å²) in [6.07, 6.45) is 5.12. The fraction of sp³-hybridized carbons (Fsp3) is 1.00. The first-order chi connectivity index (χ1) is 9.42. The van der Waals surface area contributed by atoms with Crippen LogP contribution < -0.4 is 5.32 Å². The highest BCUT2D eigenvalue weighted by Gasteiger charge is 2.31. The third kappa shape index (κ3) is 5.31. The van der Waals surface area contributed by atoms with E-state index in [0.717, 1.165) is 32.4 Å². The van der Waals surface area contributed by atoms with Gasteiger partial charge in [0.1, 0.15) is 0 Å². The van der Waals surface area contributed by atoms with Gasteiger partial charge in [0.2, 0.25) is 0 Å². The lowest BCUT2D eigenvalue weighted by Crippen LogP contribution is -2.47. The van der Waals surface area contributed by atoms with Crippen molar-refractivity contribution in [2.75, 3.05) is 37.7 Å². The molecule has 1 heterocycles. The Balaban J connectivity index is 1.71. The van der Waals surface area contributed by atoms with Gasteiger partial charge in [0.25, 0.3) is 0 Å². The third-order valence-corrected chi connectivity index (χ3v) is 6.05. The molecule has 1 atom stereocenters. The molecule has 0 aromatic rings. The molecule has 2 N–H and O–H groups in total. The van der Waals surface area contributed by atoms with Crippen LogP contribution >= 0.6 is 0 Å². The number of hydrogen-bond acceptors (Lipinski definition) is 5. The first-order valence-electron chi connectivity index (χ1n) is 7.74. The van der Waals surface area contributed by atoms with E-state index in [1.807, 2.05) is 0 Å². The number of aliphatic hydroxyl groups excluding tert-OH is 1. The van der Waals surface area contributed by atoms with Crippen LogP contribution in [0.1, 0.15) is 39.0 Å². The third-order valence-electron chi connectivity index (χ3n) is 4.33. The van der Waals surface area contributed by atoms with Crippen LogP contribution in [0.3, 0.4) is 0 Å². The van der Waals surface area contributed by atoms with E-state index in [0.29, 0.717) is 24.1 Å². The second kappa shape index (κ2) is 6.73. The van der Waals surface area contributed by atoms with E-state index in [-0.39, 0.29) is 12.1 Å². The summed E-state index contributed by atoms with van der Waals surface area (Å²) in [6.45, 7) is 4.72. The molecule has 2 fully saturated rings. The number of sulfone groups is 1. The second-order valence-corrected chi connectivity index (χ2v) is 8.89. The minimum atomic E-state index is -2.81. The second-order valence-electron chi connectivity index (χ2n) is 6.59. The molecular formula is C14H28N2O3S. The largest absolute Gasteiger partial charge is 0.394 e. The van der Waals surface area contributed by atoms with Gasteiger partial charge in [-0.2, -0.15) is 0 Å². The predicted molar refractivity (Wildman–Crippen MR) is 80.6 cm³/mol.